The van der Waals surface area contributed by atoms with Crippen LogP contribution < -0.4 is 10.9 Å². The molecular formula is C22H19ClN4O2. The van der Waals surface area contributed by atoms with E-state index in [4.69, 9.17) is 11.6 Å². The number of halogens is 1. The molecule has 0 aliphatic carbocycles. The molecule has 2 N–H and O–H groups in total. The average molecular weight is 407 g/mol. The molecule has 0 fully saturated rings. The zero-order valence-corrected chi connectivity index (χ0v) is 16.3. The van der Waals surface area contributed by atoms with Crippen LogP contribution in [0.25, 0.3) is 10.9 Å². The van der Waals surface area contributed by atoms with Gasteiger partial charge in [-0.1, -0.05) is 35.9 Å². The zero-order chi connectivity index (χ0) is 20.2. The van der Waals surface area contributed by atoms with E-state index in [0.29, 0.717) is 25.1 Å². The van der Waals surface area contributed by atoms with Crippen LogP contribution in [0.3, 0.4) is 0 Å². The number of amides is 1. The van der Waals surface area contributed by atoms with Crippen LogP contribution in [0, 0.1) is 0 Å². The number of benzene rings is 1. The number of carbonyl (C=O) groups excluding carboxylic acids is 1. The number of H-pyrrole nitrogens is 1. The third kappa shape index (κ3) is 4.22. The lowest BCUT2D eigenvalue weighted by Crippen LogP contribution is -2.26. The predicted octanol–water partition coefficient (Wildman–Crippen LogP) is 3.40. The quantitative estimate of drug-likeness (QED) is 0.515. The monoisotopic (exact) mass is 406 g/mol. The van der Waals surface area contributed by atoms with Gasteiger partial charge in [-0.05, 0) is 36.2 Å². The Bertz CT molecular complexity index is 1210. The van der Waals surface area contributed by atoms with E-state index in [-0.39, 0.29) is 10.9 Å². The smallest absolute Gasteiger partial charge is 0.266 e. The second-order valence-corrected chi connectivity index (χ2v) is 7.10. The first kappa shape index (κ1) is 19.0. The van der Waals surface area contributed by atoms with Gasteiger partial charge < -0.3 is 14.9 Å². The minimum atomic E-state index is -0.413. The standard InChI is InChI=1S/C22H19ClN4O2/c23-19-11-16(12-26-22(19)29)21(28)25-10-8-15-13-27(14-17-5-3-4-9-24-17)20-7-2-1-6-18(15)20/h1-7,9,11-13H,8,10,14H2,(H,25,28)(H,26,29). The van der Waals surface area contributed by atoms with E-state index in [1.807, 2.05) is 30.3 Å². The lowest BCUT2D eigenvalue weighted by Gasteiger charge is -2.05. The SMILES string of the molecule is O=C(NCCc1cn(Cc2ccccn2)c2ccccc12)c1c[nH]c(=O)c(Cl)c1. The van der Waals surface area contributed by atoms with Gasteiger partial charge in [0.05, 0.1) is 17.8 Å². The molecule has 4 aromatic rings. The highest BCUT2D eigenvalue weighted by atomic mass is 35.5. The summed E-state index contributed by atoms with van der Waals surface area (Å²) < 4.78 is 2.18. The van der Waals surface area contributed by atoms with Gasteiger partial charge in [0, 0.05) is 36.0 Å². The number of rotatable bonds is 6. The number of pyridine rings is 2. The summed E-state index contributed by atoms with van der Waals surface area (Å²) in [6.45, 7) is 1.15. The third-order valence-corrected chi connectivity index (χ3v) is 5.01. The van der Waals surface area contributed by atoms with E-state index in [1.54, 1.807) is 6.20 Å². The average Bonchev–Trinajstić information content (AvgIpc) is 3.08. The van der Waals surface area contributed by atoms with Gasteiger partial charge in [-0.3, -0.25) is 14.6 Å². The third-order valence-electron chi connectivity index (χ3n) is 4.73. The summed E-state index contributed by atoms with van der Waals surface area (Å²) in [4.78, 5) is 30.5. The Morgan fingerprint density at radius 2 is 2.00 bits per heavy atom. The maximum atomic E-state index is 12.3. The van der Waals surface area contributed by atoms with Crippen molar-refractivity contribution in [3.8, 4) is 0 Å². The molecule has 0 unspecified atom stereocenters. The van der Waals surface area contributed by atoms with Gasteiger partial charge in [0.1, 0.15) is 5.02 Å². The lowest BCUT2D eigenvalue weighted by atomic mass is 10.1. The summed E-state index contributed by atoms with van der Waals surface area (Å²) in [7, 11) is 0. The lowest BCUT2D eigenvalue weighted by molar-refractivity contribution is 0.0953. The second kappa shape index (κ2) is 8.32. The van der Waals surface area contributed by atoms with Crippen molar-refractivity contribution in [1.29, 1.82) is 0 Å². The highest BCUT2D eigenvalue weighted by molar-refractivity contribution is 6.30. The zero-order valence-electron chi connectivity index (χ0n) is 15.6. The van der Waals surface area contributed by atoms with Gasteiger partial charge in [-0.25, -0.2) is 0 Å². The summed E-state index contributed by atoms with van der Waals surface area (Å²) in [6.07, 6.45) is 5.95. The van der Waals surface area contributed by atoms with Gasteiger partial charge >= 0.3 is 0 Å². The number of fused-ring (bicyclic) bond motifs is 1. The number of para-hydroxylation sites is 1. The van der Waals surface area contributed by atoms with Gasteiger partial charge in [0.25, 0.3) is 11.5 Å². The molecule has 0 saturated heterocycles. The first-order valence-corrected chi connectivity index (χ1v) is 9.63. The molecule has 6 nitrogen and oxygen atoms in total. The largest absolute Gasteiger partial charge is 0.352 e. The molecule has 0 atom stereocenters. The Hall–Kier alpha value is -3.38. The summed E-state index contributed by atoms with van der Waals surface area (Å²) in [5.41, 5.74) is 3.18. The van der Waals surface area contributed by atoms with Crippen LogP contribution in [0.2, 0.25) is 5.02 Å². The molecule has 0 spiro atoms. The molecule has 1 aromatic carbocycles. The van der Waals surface area contributed by atoms with E-state index in [1.165, 1.54) is 12.3 Å². The van der Waals surface area contributed by atoms with E-state index in [0.717, 1.165) is 22.2 Å². The number of nitrogens with one attached hydrogen (secondary N) is 2. The second-order valence-electron chi connectivity index (χ2n) is 6.69. The van der Waals surface area contributed by atoms with Crippen molar-refractivity contribution in [1.82, 2.24) is 19.9 Å². The molecule has 0 radical (unpaired) electrons. The predicted molar refractivity (Wildman–Crippen MR) is 113 cm³/mol. The van der Waals surface area contributed by atoms with E-state index in [9.17, 15) is 9.59 Å². The Labute approximate surface area is 172 Å². The Morgan fingerprint density at radius 3 is 2.79 bits per heavy atom. The highest BCUT2D eigenvalue weighted by Crippen LogP contribution is 2.22. The normalized spacial score (nSPS) is 10.9. The molecule has 146 valence electrons. The summed E-state index contributed by atoms with van der Waals surface area (Å²) >= 11 is 5.79. The number of hydrogen-bond acceptors (Lipinski definition) is 3. The van der Waals surface area contributed by atoms with Crippen molar-refractivity contribution in [2.24, 2.45) is 0 Å². The molecule has 0 aliphatic heterocycles. The first-order chi connectivity index (χ1) is 14.1. The molecule has 0 bridgehead atoms. The first-order valence-electron chi connectivity index (χ1n) is 9.25. The van der Waals surface area contributed by atoms with Gasteiger partial charge in [0.2, 0.25) is 0 Å². The fourth-order valence-corrected chi connectivity index (χ4v) is 3.49. The molecular weight excluding hydrogens is 388 g/mol. The molecule has 4 rings (SSSR count). The molecule has 7 heteroatoms. The summed E-state index contributed by atoms with van der Waals surface area (Å²) in [6, 6.07) is 15.5. The van der Waals surface area contributed by atoms with Crippen LogP contribution >= 0.6 is 11.6 Å². The van der Waals surface area contributed by atoms with Crippen LogP contribution in [-0.4, -0.2) is 27.0 Å². The minimum Gasteiger partial charge on any atom is -0.352 e. The number of hydrogen-bond donors (Lipinski definition) is 2. The molecule has 3 aromatic heterocycles. The summed E-state index contributed by atoms with van der Waals surface area (Å²) in [5, 5.41) is 4.03. The van der Waals surface area contributed by atoms with E-state index >= 15 is 0 Å². The Balaban J connectivity index is 1.48. The van der Waals surface area contributed by atoms with Crippen LogP contribution in [0.1, 0.15) is 21.6 Å². The molecule has 3 heterocycles. The van der Waals surface area contributed by atoms with Crippen molar-refractivity contribution in [2.75, 3.05) is 6.54 Å². The highest BCUT2D eigenvalue weighted by Gasteiger charge is 2.11. The van der Waals surface area contributed by atoms with E-state index < -0.39 is 5.56 Å². The Morgan fingerprint density at radius 1 is 1.17 bits per heavy atom. The van der Waals surface area contributed by atoms with Gasteiger partial charge in [0.15, 0.2) is 0 Å². The molecule has 0 saturated carbocycles. The van der Waals surface area contributed by atoms with Crippen molar-refractivity contribution in [3.05, 3.63) is 99.3 Å². The fourth-order valence-electron chi connectivity index (χ4n) is 3.32. The van der Waals surface area contributed by atoms with Crippen LogP contribution in [0.4, 0.5) is 0 Å². The molecule has 1 amide bonds. The van der Waals surface area contributed by atoms with Crippen LogP contribution in [0.5, 0.6) is 0 Å². The van der Waals surface area contributed by atoms with Crippen LogP contribution in [-0.2, 0) is 13.0 Å². The molecule has 29 heavy (non-hydrogen) atoms. The van der Waals surface area contributed by atoms with Crippen molar-refractivity contribution in [2.45, 2.75) is 13.0 Å². The summed E-state index contributed by atoms with van der Waals surface area (Å²) in [5.74, 6) is -0.277. The minimum absolute atomic E-state index is 0.00441. The number of aromatic nitrogens is 3. The van der Waals surface area contributed by atoms with Crippen molar-refractivity contribution in [3.63, 3.8) is 0 Å². The fraction of sp³-hybridized carbons (Fsp3) is 0.136. The number of nitrogens with zero attached hydrogens (tertiary/aromatic N) is 2. The number of aromatic amines is 1. The maximum Gasteiger partial charge on any atom is 0.266 e. The molecule has 0 aliphatic rings. The maximum absolute atomic E-state index is 12.3. The van der Waals surface area contributed by atoms with Crippen molar-refractivity contribution >= 4 is 28.4 Å². The number of carbonyl (C=O) groups is 1. The topological polar surface area (TPSA) is 79.8 Å². The van der Waals surface area contributed by atoms with Crippen LogP contribution in [0.15, 0.2) is 71.9 Å². The van der Waals surface area contributed by atoms with E-state index in [2.05, 4.69) is 38.2 Å². The van der Waals surface area contributed by atoms with Crippen molar-refractivity contribution < 1.29 is 4.79 Å². The van der Waals surface area contributed by atoms with Gasteiger partial charge in [-0.2, -0.15) is 0 Å². The Kier molecular flexibility index (Phi) is 5.44. The van der Waals surface area contributed by atoms with Gasteiger partial charge in [-0.15, -0.1) is 0 Å².